The fraction of sp³-hybridized carbons (Fsp3) is 0.588. The van der Waals surface area contributed by atoms with Gasteiger partial charge in [0, 0.05) is 7.05 Å². The van der Waals surface area contributed by atoms with Crippen molar-refractivity contribution in [3.8, 4) is 5.75 Å². The Labute approximate surface area is 131 Å². The molecule has 5 heteroatoms. The number of hydrogen-bond acceptors (Lipinski definition) is 4. The van der Waals surface area contributed by atoms with Crippen LogP contribution in [0.4, 0.5) is 0 Å². The highest BCUT2D eigenvalue weighted by molar-refractivity contribution is 5.97. The SMILES string of the molecule is CN(C(=O)c1cc(C(C)(C)C)ccc1O)[C@@H]1CC[C@@H](O)[C@@H]1O. The van der Waals surface area contributed by atoms with E-state index in [1.54, 1.807) is 19.2 Å². The van der Waals surface area contributed by atoms with E-state index < -0.39 is 18.2 Å². The van der Waals surface area contributed by atoms with Crippen LogP contribution in [0.2, 0.25) is 0 Å². The van der Waals surface area contributed by atoms with Gasteiger partial charge in [-0.05, 0) is 36.0 Å². The second kappa shape index (κ2) is 5.89. The molecule has 1 aliphatic carbocycles. The molecule has 122 valence electrons. The van der Waals surface area contributed by atoms with E-state index >= 15 is 0 Å². The van der Waals surface area contributed by atoms with Crippen LogP contribution in [-0.4, -0.2) is 51.4 Å². The van der Waals surface area contributed by atoms with E-state index in [-0.39, 0.29) is 22.6 Å². The Morgan fingerprint density at radius 2 is 1.86 bits per heavy atom. The van der Waals surface area contributed by atoms with Gasteiger partial charge < -0.3 is 20.2 Å². The van der Waals surface area contributed by atoms with Crippen LogP contribution in [0, 0.1) is 0 Å². The van der Waals surface area contributed by atoms with Crippen LogP contribution in [0.5, 0.6) is 5.75 Å². The first-order valence-electron chi connectivity index (χ1n) is 7.59. The number of likely N-dealkylation sites (N-methyl/N-ethyl adjacent to an activating group) is 1. The van der Waals surface area contributed by atoms with Crippen LogP contribution in [0.1, 0.15) is 49.5 Å². The van der Waals surface area contributed by atoms with Crippen molar-refractivity contribution in [3.05, 3.63) is 29.3 Å². The average Bonchev–Trinajstić information content (AvgIpc) is 2.77. The summed E-state index contributed by atoms with van der Waals surface area (Å²) in [7, 11) is 1.59. The largest absolute Gasteiger partial charge is 0.507 e. The molecular weight excluding hydrogens is 282 g/mol. The summed E-state index contributed by atoms with van der Waals surface area (Å²) in [6, 6.07) is 4.61. The number of phenols is 1. The van der Waals surface area contributed by atoms with Crippen LogP contribution in [-0.2, 0) is 5.41 Å². The van der Waals surface area contributed by atoms with E-state index in [0.717, 1.165) is 5.56 Å². The number of carbonyl (C=O) groups excluding carboxylic acids is 1. The number of amides is 1. The lowest BCUT2D eigenvalue weighted by Crippen LogP contribution is -2.44. The number of hydrogen-bond donors (Lipinski definition) is 3. The zero-order chi connectivity index (χ0) is 16.7. The number of aliphatic hydroxyl groups excluding tert-OH is 2. The summed E-state index contributed by atoms with van der Waals surface area (Å²) in [5.74, 6) is -0.417. The molecule has 3 atom stereocenters. The van der Waals surface area contributed by atoms with Gasteiger partial charge in [0.25, 0.3) is 5.91 Å². The Kier molecular flexibility index (Phi) is 4.49. The molecule has 2 rings (SSSR count). The zero-order valence-corrected chi connectivity index (χ0v) is 13.6. The second-order valence-electron chi connectivity index (χ2n) is 7.10. The molecule has 0 aromatic heterocycles. The van der Waals surface area contributed by atoms with E-state index in [0.29, 0.717) is 12.8 Å². The lowest BCUT2D eigenvalue weighted by atomic mass is 9.86. The van der Waals surface area contributed by atoms with E-state index in [9.17, 15) is 20.1 Å². The maximum Gasteiger partial charge on any atom is 0.257 e. The molecule has 0 aliphatic heterocycles. The van der Waals surface area contributed by atoms with Crippen molar-refractivity contribution < 1.29 is 20.1 Å². The maximum atomic E-state index is 12.7. The van der Waals surface area contributed by atoms with Crippen molar-refractivity contribution in [2.24, 2.45) is 0 Å². The first-order chi connectivity index (χ1) is 10.1. The summed E-state index contributed by atoms with van der Waals surface area (Å²) in [4.78, 5) is 14.1. The Bertz CT molecular complexity index is 564. The van der Waals surface area contributed by atoms with Gasteiger partial charge in [-0.2, -0.15) is 0 Å². The number of rotatable bonds is 2. The molecule has 1 saturated carbocycles. The predicted molar refractivity (Wildman–Crippen MR) is 83.9 cm³/mol. The summed E-state index contributed by atoms with van der Waals surface area (Å²) in [5.41, 5.74) is 1.04. The van der Waals surface area contributed by atoms with Crippen molar-refractivity contribution in [2.75, 3.05) is 7.05 Å². The van der Waals surface area contributed by atoms with Crippen molar-refractivity contribution in [1.29, 1.82) is 0 Å². The normalized spacial score (nSPS) is 25.3. The molecule has 1 aliphatic rings. The van der Waals surface area contributed by atoms with Gasteiger partial charge in [0.15, 0.2) is 0 Å². The summed E-state index contributed by atoms with van der Waals surface area (Å²) in [6.45, 7) is 6.11. The number of aliphatic hydroxyl groups is 2. The van der Waals surface area contributed by atoms with Gasteiger partial charge in [0.2, 0.25) is 0 Å². The summed E-state index contributed by atoms with van der Waals surface area (Å²) >= 11 is 0. The van der Waals surface area contributed by atoms with Crippen LogP contribution in [0.25, 0.3) is 0 Å². The van der Waals surface area contributed by atoms with E-state index in [2.05, 4.69) is 0 Å². The molecule has 0 unspecified atom stereocenters. The molecule has 0 heterocycles. The minimum absolute atomic E-state index is 0.0714. The third-order valence-corrected chi connectivity index (χ3v) is 4.46. The molecule has 1 amide bonds. The Morgan fingerprint density at radius 3 is 2.36 bits per heavy atom. The molecule has 0 radical (unpaired) electrons. The van der Waals surface area contributed by atoms with E-state index in [1.807, 2.05) is 20.8 Å². The number of aromatic hydroxyl groups is 1. The van der Waals surface area contributed by atoms with Gasteiger partial charge >= 0.3 is 0 Å². The van der Waals surface area contributed by atoms with Gasteiger partial charge in [-0.15, -0.1) is 0 Å². The Morgan fingerprint density at radius 1 is 1.23 bits per heavy atom. The quantitative estimate of drug-likeness (QED) is 0.776. The number of phenolic OH excluding ortho intramolecular Hbond substituents is 1. The van der Waals surface area contributed by atoms with Crippen LogP contribution < -0.4 is 0 Å². The van der Waals surface area contributed by atoms with Crippen molar-refractivity contribution in [1.82, 2.24) is 4.90 Å². The highest BCUT2D eigenvalue weighted by atomic mass is 16.3. The highest BCUT2D eigenvalue weighted by Gasteiger charge is 2.38. The van der Waals surface area contributed by atoms with Gasteiger partial charge in [-0.3, -0.25) is 4.79 Å². The number of nitrogens with zero attached hydrogens (tertiary/aromatic N) is 1. The molecule has 22 heavy (non-hydrogen) atoms. The van der Waals surface area contributed by atoms with Gasteiger partial charge in [-0.25, -0.2) is 0 Å². The fourth-order valence-corrected chi connectivity index (χ4v) is 2.88. The van der Waals surface area contributed by atoms with Crippen molar-refractivity contribution in [2.45, 2.75) is 57.3 Å². The van der Waals surface area contributed by atoms with Gasteiger partial charge in [0.1, 0.15) is 11.9 Å². The number of carbonyl (C=O) groups is 1. The second-order valence-corrected chi connectivity index (χ2v) is 7.10. The third kappa shape index (κ3) is 3.10. The molecule has 1 aromatic carbocycles. The maximum absolute atomic E-state index is 12.7. The predicted octanol–water partition coefficient (Wildman–Crippen LogP) is 1.65. The Balaban J connectivity index is 2.29. The van der Waals surface area contributed by atoms with Crippen LogP contribution >= 0.6 is 0 Å². The molecule has 1 aromatic rings. The van der Waals surface area contributed by atoms with E-state index in [1.165, 1.54) is 11.0 Å². The summed E-state index contributed by atoms with van der Waals surface area (Å²) in [6.07, 6.45) is -0.724. The van der Waals surface area contributed by atoms with Crippen molar-refractivity contribution in [3.63, 3.8) is 0 Å². The fourth-order valence-electron chi connectivity index (χ4n) is 2.88. The number of benzene rings is 1. The first kappa shape index (κ1) is 16.8. The third-order valence-electron chi connectivity index (χ3n) is 4.46. The van der Waals surface area contributed by atoms with Gasteiger partial charge in [-0.1, -0.05) is 26.8 Å². The molecule has 0 saturated heterocycles. The molecule has 3 N–H and O–H groups in total. The minimum atomic E-state index is -0.943. The molecule has 5 nitrogen and oxygen atoms in total. The van der Waals surface area contributed by atoms with Crippen molar-refractivity contribution >= 4 is 5.91 Å². The summed E-state index contributed by atoms with van der Waals surface area (Å²) < 4.78 is 0. The topological polar surface area (TPSA) is 81.0 Å². The molecule has 0 bridgehead atoms. The average molecular weight is 307 g/mol. The zero-order valence-electron chi connectivity index (χ0n) is 13.6. The molecule has 0 spiro atoms. The highest BCUT2D eigenvalue weighted by Crippen LogP contribution is 2.30. The molecular formula is C17H25NO4. The van der Waals surface area contributed by atoms with Gasteiger partial charge in [0.05, 0.1) is 17.7 Å². The monoisotopic (exact) mass is 307 g/mol. The minimum Gasteiger partial charge on any atom is -0.507 e. The smallest absolute Gasteiger partial charge is 0.257 e. The lowest BCUT2D eigenvalue weighted by molar-refractivity contribution is 0.00650. The first-order valence-corrected chi connectivity index (χ1v) is 7.59. The van der Waals surface area contributed by atoms with E-state index in [4.69, 9.17) is 0 Å². The standard InChI is InChI=1S/C17H25NO4/c1-17(2,3)10-5-7-13(19)11(9-10)16(22)18(4)12-6-8-14(20)15(12)21/h5,7,9,12,14-15,19-21H,6,8H2,1-4H3/t12-,14-,15-/m1/s1. The molecule has 1 fully saturated rings. The lowest BCUT2D eigenvalue weighted by Gasteiger charge is -2.28. The Hall–Kier alpha value is -1.59. The van der Waals surface area contributed by atoms with Crippen LogP contribution in [0.15, 0.2) is 18.2 Å². The van der Waals surface area contributed by atoms with Crippen LogP contribution in [0.3, 0.4) is 0 Å². The summed E-state index contributed by atoms with van der Waals surface area (Å²) in [5, 5.41) is 29.6.